The van der Waals surface area contributed by atoms with E-state index in [9.17, 15) is 0 Å². The zero-order valence-electron chi connectivity index (χ0n) is 13.9. The molecule has 0 amide bonds. The summed E-state index contributed by atoms with van der Waals surface area (Å²) in [4.78, 5) is 5.87. The van der Waals surface area contributed by atoms with Crippen LogP contribution in [0.4, 0.5) is 0 Å². The third-order valence-corrected chi connectivity index (χ3v) is 4.98. The first-order valence-corrected chi connectivity index (χ1v) is 9.52. The Morgan fingerprint density at radius 2 is 2.17 bits per heavy atom. The van der Waals surface area contributed by atoms with Gasteiger partial charge in [-0.3, -0.25) is 4.68 Å². The second-order valence-electron chi connectivity index (χ2n) is 5.36. The van der Waals surface area contributed by atoms with Crippen LogP contribution in [0.3, 0.4) is 0 Å². The molecule has 0 saturated heterocycles. The molecule has 0 aliphatic carbocycles. The van der Waals surface area contributed by atoms with Gasteiger partial charge >= 0.3 is 0 Å². The molecule has 0 aromatic carbocycles. The van der Waals surface area contributed by atoms with Crippen molar-refractivity contribution < 1.29 is 0 Å². The van der Waals surface area contributed by atoms with E-state index in [1.165, 1.54) is 10.6 Å². The highest BCUT2D eigenvalue weighted by Gasteiger charge is 2.02. The van der Waals surface area contributed by atoms with Crippen LogP contribution in [0.1, 0.15) is 29.6 Å². The SMILES string of the molecule is CCNC(=NCc1cc(Br)cs1)NCCCn1nc(C)cc1C. The summed E-state index contributed by atoms with van der Waals surface area (Å²) < 4.78 is 3.18. The molecular weight excluding hydrogens is 374 g/mol. The Hall–Kier alpha value is -1.34. The number of nitrogens with zero attached hydrogens (tertiary/aromatic N) is 3. The monoisotopic (exact) mass is 397 g/mol. The van der Waals surface area contributed by atoms with Gasteiger partial charge < -0.3 is 10.6 Å². The third kappa shape index (κ3) is 5.99. The minimum Gasteiger partial charge on any atom is -0.357 e. The Bertz CT molecular complexity index is 647. The zero-order valence-corrected chi connectivity index (χ0v) is 16.3. The van der Waals surface area contributed by atoms with Crippen LogP contribution in [-0.4, -0.2) is 28.8 Å². The number of guanidine groups is 1. The van der Waals surface area contributed by atoms with Crippen LogP contribution in [0.5, 0.6) is 0 Å². The molecule has 2 heterocycles. The van der Waals surface area contributed by atoms with Crippen molar-refractivity contribution in [3.8, 4) is 0 Å². The Morgan fingerprint density at radius 3 is 2.78 bits per heavy atom. The molecule has 0 aliphatic rings. The highest BCUT2D eigenvalue weighted by Crippen LogP contribution is 2.20. The number of aromatic nitrogens is 2. The van der Waals surface area contributed by atoms with Crippen LogP contribution in [0.2, 0.25) is 0 Å². The van der Waals surface area contributed by atoms with Gasteiger partial charge in [-0.2, -0.15) is 5.10 Å². The van der Waals surface area contributed by atoms with Crippen molar-refractivity contribution in [1.29, 1.82) is 0 Å². The van der Waals surface area contributed by atoms with Gasteiger partial charge in [0.1, 0.15) is 0 Å². The van der Waals surface area contributed by atoms with Gasteiger partial charge in [0.05, 0.1) is 12.2 Å². The lowest BCUT2D eigenvalue weighted by Crippen LogP contribution is -2.38. The maximum absolute atomic E-state index is 4.62. The average molecular weight is 398 g/mol. The number of nitrogens with one attached hydrogen (secondary N) is 2. The molecule has 23 heavy (non-hydrogen) atoms. The Balaban J connectivity index is 1.78. The van der Waals surface area contributed by atoms with Crippen molar-refractivity contribution >= 4 is 33.2 Å². The number of aryl methyl sites for hydroxylation is 3. The summed E-state index contributed by atoms with van der Waals surface area (Å²) >= 11 is 5.19. The molecule has 0 fully saturated rings. The number of hydrogen-bond donors (Lipinski definition) is 2. The van der Waals surface area contributed by atoms with E-state index in [1.54, 1.807) is 11.3 Å². The summed E-state index contributed by atoms with van der Waals surface area (Å²) in [6.07, 6.45) is 1.01. The van der Waals surface area contributed by atoms with Gasteiger partial charge in [0, 0.05) is 40.1 Å². The fourth-order valence-corrected chi connectivity index (χ4v) is 3.65. The smallest absolute Gasteiger partial charge is 0.191 e. The second kappa shape index (κ2) is 9.08. The molecule has 0 saturated carbocycles. The van der Waals surface area contributed by atoms with E-state index < -0.39 is 0 Å². The Morgan fingerprint density at radius 1 is 1.35 bits per heavy atom. The minimum atomic E-state index is 0.697. The Kier molecular flexibility index (Phi) is 7.11. The maximum atomic E-state index is 4.62. The van der Waals surface area contributed by atoms with Crippen LogP contribution < -0.4 is 10.6 Å². The van der Waals surface area contributed by atoms with E-state index in [2.05, 4.69) is 72.7 Å². The molecule has 0 bridgehead atoms. The lowest BCUT2D eigenvalue weighted by Gasteiger charge is -2.11. The van der Waals surface area contributed by atoms with Crippen LogP contribution in [-0.2, 0) is 13.1 Å². The molecule has 0 spiro atoms. The molecule has 2 rings (SSSR count). The van der Waals surface area contributed by atoms with E-state index >= 15 is 0 Å². The molecule has 5 nitrogen and oxygen atoms in total. The fraction of sp³-hybridized carbons (Fsp3) is 0.500. The summed E-state index contributed by atoms with van der Waals surface area (Å²) in [6.45, 7) is 9.55. The predicted molar refractivity (Wildman–Crippen MR) is 101 cm³/mol. The van der Waals surface area contributed by atoms with E-state index in [0.29, 0.717) is 6.54 Å². The van der Waals surface area contributed by atoms with Gasteiger partial charge in [-0.25, -0.2) is 4.99 Å². The van der Waals surface area contributed by atoms with Crippen LogP contribution >= 0.6 is 27.3 Å². The lowest BCUT2D eigenvalue weighted by atomic mass is 10.4. The quantitative estimate of drug-likeness (QED) is 0.427. The molecule has 7 heteroatoms. The topological polar surface area (TPSA) is 54.2 Å². The normalized spacial score (nSPS) is 11.7. The van der Waals surface area contributed by atoms with Crippen molar-refractivity contribution in [2.24, 2.45) is 4.99 Å². The van der Waals surface area contributed by atoms with Crippen molar-refractivity contribution in [3.05, 3.63) is 38.3 Å². The van der Waals surface area contributed by atoms with E-state index in [1.807, 2.05) is 6.92 Å². The largest absolute Gasteiger partial charge is 0.357 e. The molecule has 2 aromatic rings. The molecule has 126 valence electrons. The first-order valence-electron chi connectivity index (χ1n) is 7.84. The van der Waals surface area contributed by atoms with Gasteiger partial charge in [0.25, 0.3) is 0 Å². The van der Waals surface area contributed by atoms with Crippen LogP contribution in [0.15, 0.2) is 27.0 Å². The summed E-state index contributed by atoms with van der Waals surface area (Å²) in [5, 5.41) is 13.2. The van der Waals surface area contributed by atoms with Crippen molar-refractivity contribution in [1.82, 2.24) is 20.4 Å². The number of halogens is 1. The number of rotatable bonds is 7. The standard InChI is InChI=1S/C16H24BrN5S/c1-4-18-16(20-10-15-9-14(17)11-23-15)19-6-5-7-22-13(3)8-12(2)21-22/h8-9,11H,4-7,10H2,1-3H3,(H2,18,19,20). The number of hydrogen-bond acceptors (Lipinski definition) is 3. The van der Waals surface area contributed by atoms with Crippen molar-refractivity contribution in [2.75, 3.05) is 13.1 Å². The third-order valence-electron chi connectivity index (χ3n) is 3.30. The predicted octanol–water partition coefficient (Wildman–Crippen LogP) is 3.47. The first kappa shape index (κ1) is 18.0. The zero-order chi connectivity index (χ0) is 16.7. The van der Waals surface area contributed by atoms with Gasteiger partial charge in [-0.15, -0.1) is 11.3 Å². The molecule has 0 atom stereocenters. The van der Waals surface area contributed by atoms with E-state index in [0.717, 1.165) is 42.2 Å². The van der Waals surface area contributed by atoms with E-state index in [4.69, 9.17) is 0 Å². The summed E-state index contributed by atoms with van der Waals surface area (Å²) in [5.74, 6) is 0.866. The molecule has 0 aliphatic heterocycles. The molecular formula is C16H24BrN5S. The minimum absolute atomic E-state index is 0.697. The molecule has 0 unspecified atom stereocenters. The highest BCUT2D eigenvalue weighted by molar-refractivity contribution is 9.10. The lowest BCUT2D eigenvalue weighted by molar-refractivity contribution is 0.555. The van der Waals surface area contributed by atoms with Gasteiger partial charge in [-0.05, 0) is 55.3 Å². The van der Waals surface area contributed by atoms with E-state index in [-0.39, 0.29) is 0 Å². The van der Waals surface area contributed by atoms with Gasteiger partial charge in [0.2, 0.25) is 0 Å². The van der Waals surface area contributed by atoms with Crippen LogP contribution in [0, 0.1) is 13.8 Å². The molecule has 0 radical (unpaired) electrons. The average Bonchev–Trinajstić information content (AvgIpc) is 3.06. The second-order valence-corrected chi connectivity index (χ2v) is 7.27. The van der Waals surface area contributed by atoms with Crippen molar-refractivity contribution in [3.63, 3.8) is 0 Å². The van der Waals surface area contributed by atoms with Crippen molar-refractivity contribution in [2.45, 2.75) is 40.3 Å². The summed E-state index contributed by atoms with van der Waals surface area (Å²) in [6, 6.07) is 4.22. The van der Waals surface area contributed by atoms with Gasteiger partial charge in [-0.1, -0.05) is 0 Å². The summed E-state index contributed by atoms with van der Waals surface area (Å²) in [5.41, 5.74) is 2.29. The number of aliphatic imine (C=N–C) groups is 1. The molecule has 2 N–H and O–H groups in total. The maximum Gasteiger partial charge on any atom is 0.191 e. The Labute approximate surface area is 150 Å². The molecule has 2 aromatic heterocycles. The van der Waals surface area contributed by atoms with Crippen LogP contribution in [0.25, 0.3) is 0 Å². The van der Waals surface area contributed by atoms with Gasteiger partial charge in [0.15, 0.2) is 5.96 Å². The summed E-state index contributed by atoms with van der Waals surface area (Å²) in [7, 11) is 0. The first-order chi connectivity index (χ1) is 11.1. The fourth-order valence-electron chi connectivity index (χ4n) is 2.27. The highest BCUT2D eigenvalue weighted by atomic mass is 79.9. The number of thiophene rings is 1.